The van der Waals surface area contributed by atoms with Gasteiger partial charge in [-0.05, 0) is 30.4 Å². The molecule has 132 valence electrons. The van der Waals surface area contributed by atoms with Gasteiger partial charge in [-0.15, -0.1) is 0 Å². The van der Waals surface area contributed by atoms with E-state index in [0.717, 1.165) is 18.5 Å². The van der Waals surface area contributed by atoms with Gasteiger partial charge < -0.3 is 10.6 Å². The minimum Gasteiger partial charge on any atom is -0.348 e. The highest BCUT2D eigenvalue weighted by atomic mass is 16.1. The zero-order valence-electron chi connectivity index (χ0n) is 15.0. The summed E-state index contributed by atoms with van der Waals surface area (Å²) in [6.07, 6.45) is 7.20. The Labute approximate surface area is 149 Å². The molecule has 1 fully saturated rings. The van der Waals surface area contributed by atoms with E-state index in [0.29, 0.717) is 17.4 Å². The molecule has 3 rings (SSSR count). The number of rotatable bonds is 5. The lowest BCUT2D eigenvalue weighted by molar-refractivity contribution is 0.0922. The largest absolute Gasteiger partial charge is 0.348 e. The van der Waals surface area contributed by atoms with E-state index in [1.807, 2.05) is 18.2 Å². The monoisotopic (exact) mass is 338 g/mol. The third-order valence-corrected chi connectivity index (χ3v) is 4.69. The third-order valence-electron chi connectivity index (χ3n) is 4.69. The van der Waals surface area contributed by atoms with E-state index in [4.69, 9.17) is 0 Å². The first-order valence-electron chi connectivity index (χ1n) is 9.12. The SMILES string of the molecule is CC(C)c1ccccc1Nc1cc(C(=O)NC2CCCCC2)ncn1. The number of para-hydroxylation sites is 1. The van der Waals surface area contributed by atoms with Crippen molar-refractivity contribution < 1.29 is 4.79 Å². The van der Waals surface area contributed by atoms with Crippen molar-refractivity contribution in [3.8, 4) is 0 Å². The van der Waals surface area contributed by atoms with Gasteiger partial charge in [-0.1, -0.05) is 51.3 Å². The number of benzene rings is 1. The Balaban J connectivity index is 1.72. The van der Waals surface area contributed by atoms with Gasteiger partial charge in [-0.2, -0.15) is 0 Å². The molecule has 0 spiro atoms. The zero-order valence-corrected chi connectivity index (χ0v) is 15.0. The Bertz CT molecular complexity index is 723. The topological polar surface area (TPSA) is 66.9 Å². The van der Waals surface area contributed by atoms with Gasteiger partial charge in [0.1, 0.15) is 17.8 Å². The van der Waals surface area contributed by atoms with E-state index in [1.54, 1.807) is 6.07 Å². The number of nitrogens with one attached hydrogen (secondary N) is 2. The highest BCUT2D eigenvalue weighted by Crippen LogP contribution is 2.26. The fraction of sp³-hybridized carbons (Fsp3) is 0.450. The molecule has 5 nitrogen and oxygen atoms in total. The predicted octanol–water partition coefficient (Wildman–Crippen LogP) is 4.41. The first-order chi connectivity index (χ1) is 12.1. The molecule has 1 heterocycles. The molecule has 5 heteroatoms. The molecule has 1 aromatic heterocycles. The van der Waals surface area contributed by atoms with Crippen molar-refractivity contribution in [1.29, 1.82) is 0 Å². The predicted molar refractivity (Wildman–Crippen MR) is 100 cm³/mol. The highest BCUT2D eigenvalue weighted by Gasteiger charge is 2.18. The average molecular weight is 338 g/mol. The van der Waals surface area contributed by atoms with Gasteiger partial charge in [0.15, 0.2) is 0 Å². The minimum absolute atomic E-state index is 0.116. The van der Waals surface area contributed by atoms with Crippen LogP contribution in [-0.2, 0) is 0 Å². The third kappa shape index (κ3) is 4.56. The van der Waals surface area contributed by atoms with E-state index in [1.165, 1.54) is 31.2 Å². The first kappa shape index (κ1) is 17.4. The van der Waals surface area contributed by atoms with Crippen molar-refractivity contribution in [1.82, 2.24) is 15.3 Å². The standard InChI is InChI=1S/C20H26N4O/c1-14(2)16-10-6-7-11-17(16)24-19-12-18(21-13-22-19)20(25)23-15-8-4-3-5-9-15/h6-7,10-15H,3-5,8-9H2,1-2H3,(H,23,25)(H,21,22,24). The molecule has 1 saturated carbocycles. The van der Waals surface area contributed by atoms with Crippen LogP contribution in [0.4, 0.5) is 11.5 Å². The Morgan fingerprint density at radius 3 is 2.64 bits per heavy atom. The molecule has 1 aromatic carbocycles. The zero-order chi connectivity index (χ0) is 17.6. The van der Waals surface area contributed by atoms with Gasteiger partial charge in [0, 0.05) is 17.8 Å². The molecular formula is C20H26N4O. The lowest BCUT2D eigenvalue weighted by Gasteiger charge is -2.22. The lowest BCUT2D eigenvalue weighted by Crippen LogP contribution is -2.36. The number of aromatic nitrogens is 2. The van der Waals surface area contributed by atoms with Crippen LogP contribution in [0.5, 0.6) is 0 Å². The van der Waals surface area contributed by atoms with Crippen molar-refractivity contribution >= 4 is 17.4 Å². The molecule has 1 amide bonds. The summed E-state index contributed by atoms with van der Waals surface area (Å²) in [7, 11) is 0. The summed E-state index contributed by atoms with van der Waals surface area (Å²) in [5, 5.41) is 6.42. The Morgan fingerprint density at radius 1 is 1.12 bits per heavy atom. The highest BCUT2D eigenvalue weighted by molar-refractivity contribution is 5.93. The van der Waals surface area contributed by atoms with Crippen LogP contribution in [0.25, 0.3) is 0 Å². The molecule has 25 heavy (non-hydrogen) atoms. The van der Waals surface area contributed by atoms with Gasteiger partial charge in [0.05, 0.1) is 0 Å². The Kier molecular flexibility index (Phi) is 5.64. The van der Waals surface area contributed by atoms with Crippen LogP contribution in [0.2, 0.25) is 0 Å². The molecule has 1 aliphatic carbocycles. The van der Waals surface area contributed by atoms with Crippen LogP contribution >= 0.6 is 0 Å². The quantitative estimate of drug-likeness (QED) is 0.847. The van der Waals surface area contributed by atoms with Crippen molar-refractivity contribution in [2.75, 3.05) is 5.32 Å². The van der Waals surface area contributed by atoms with Crippen LogP contribution in [-0.4, -0.2) is 21.9 Å². The van der Waals surface area contributed by atoms with Gasteiger partial charge in [0.2, 0.25) is 0 Å². The van der Waals surface area contributed by atoms with Crippen molar-refractivity contribution in [3.63, 3.8) is 0 Å². The molecule has 0 bridgehead atoms. The lowest BCUT2D eigenvalue weighted by atomic mass is 9.95. The Hall–Kier alpha value is -2.43. The molecule has 0 atom stereocenters. The second-order valence-corrected chi connectivity index (χ2v) is 6.96. The summed E-state index contributed by atoms with van der Waals surface area (Å²) in [5.74, 6) is 0.922. The van der Waals surface area contributed by atoms with Gasteiger partial charge in [-0.25, -0.2) is 9.97 Å². The minimum atomic E-state index is -0.116. The van der Waals surface area contributed by atoms with Crippen molar-refractivity contribution in [3.05, 3.63) is 47.9 Å². The first-order valence-corrected chi connectivity index (χ1v) is 9.12. The number of hydrogen-bond donors (Lipinski definition) is 2. The fourth-order valence-corrected chi connectivity index (χ4v) is 3.31. The molecule has 1 aliphatic rings. The van der Waals surface area contributed by atoms with Gasteiger partial charge >= 0.3 is 0 Å². The number of carbonyl (C=O) groups excluding carboxylic acids is 1. The van der Waals surface area contributed by atoms with Crippen LogP contribution < -0.4 is 10.6 Å². The Morgan fingerprint density at radius 2 is 1.88 bits per heavy atom. The van der Waals surface area contributed by atoms with Crippen LogP contribution in [0.15, 0.2) is 36.7 Å². The molecule has 2 aromatic rings. The molecule has 0 aliphatic heterocycles. The summed E-state index contributed by atoms with van der Waals surface area (Å²) < 4.78 is 0. The number of anilines is 2. The van der Waals surface area contributed by atoms with E-state index in [9.17, 15) is 4.79 Å². The van der Waals surface area contributed by atoms with E-state index in [2.05, 4.69) is 40.5 Å². The molecule has 0 radical (unpaired) electrons. The summed E-state index contributed by atoms with van der Waals surface area (Å²) in [6, 6.07) is 10.1. The maximum absolute atomic E-state index is 12.5. The summed E-state index contributed by atoms with van der Waals surface area (Å²) in [4.78, 5) is 20.9. The molecule has 0 saturated heterocycles. The van der Waals surface area contributed by atoms with Crippen LogP contribution in [0.1, 0.15) is 67.9 Å². The second-order valence-electron chi connectivity index (χ2n) is 6.96. The summed E-state index contributed by atoms with van der Waals surface area (Å²) in [5.41, 5.74) is 2.63. The summed E-state index contributed by atoms with van der Waals surface area (Å²) >= 11 is 0. The number of hydrogen-bond acceptors (Lipinski definition) is 4. The normalized spacial score (nSPS) is 15.2. The number of nitrogens with zero attached hydrogens (tertiary/aromatic N) is 2. The second kappa shape index (κ2) is 8.10. The van der Waals surface area contributed by atoms with Crippen molar-refractivity contribution in [2.24, 2.45) is 0 Å². The fourth-order valence-electron chi connectivity index (χ4n) is 3.31. The maximum atomic E-state index is 12.5. The molecule has 0 unspecified atom stereocenters. The number of amides is 1. The van der Waals surface area contributed by atoms with Gasteiger partial charge in [-0.3, -0.25) is 4.79 Å². The van der Waals surface area contributed by atoms with Crippen LogP contribution in [0.3, 0.4) is 0 Å². The van der Waals surface area contributed by atoms with Crippen molar-refractivity contribution in [2.45, 2.75) is 57.9 Å². The van der Waals surface area contributed by atoms with E-state index < -0.39 is 0 Å². The molecular weight excluding hydrogens is 312 g/mol. The van der Waals surface area contributed by atoms with Gasteiger partial charge in [0.25, 0.3) is 5.91 Å². The van der Waals surface area contributed by atoms with E-state index in [-0.39, 0.29) is 11.9 Å². The van der Waals surface area contributed by atoms with Crippen LogP contribution in [0, 0.1) is 0 Å². The number of carbonyl (C=O) groups is 1. The van der Waals surface area contributed by atoms with E-state index >= 15 is 0 Å². The summed E-state index contributed by atoms with van der Waals surface area (Å²) in [6.45, 7) is 4.31. The average Bonchev–Trinajstić information content (AvgIpc) is 2.63. The molecule has 2 N–H and O–H groups in total. The smallest absolute Gasteiger partial charge is 0.270 e. The maximum Gasteiger partial charge on any atom is 0.270 e.